The molecule has 0 aliphatic carbocycles. The lowest BCUT2D eigenvalue weighted by atomic mass is 10.0. The molecule has 4 rings (SSSR count). The number of hydrogen-bond acceptors (Lipinski definition) is 4. The van der Waals surface area contributed by atoms with Gasteiger partial charge in [0.05, 0.1) is 29.6 Å². The highest BCUT2D eigenvalue weighted by molar-refractivity contribution is 6.07. The van der Waals surface area contributed by atoms with Crippen LogP contribution in [0.1, 0.15) is 21.5 Å². The molecule has 2 heterocycles. The number of benzene rings is 2. The smallest absolute Gasteiger partial charge is 0.252 e. The molecule has 1 amide bonds. The molecule has 5 heteroatoms. The molecule has 0 fully saturated rings. The largest absolute Gasteiger partial charge is 0.497 e. The van der Waals surface area contributed by atoms with E-state index in [1.807, 2.05) is 73.7 Å². The number of aromatic nitrogens is 2. The number of rotatable bonds is 5. The zero-order valence-electron chi connectivity index (χ0n) is 16.3. The summed E-state index contributed by atoms with van der Waals surface area (Å²) in [6.45, 7) is 2.41. The van der Waals surface area contributed by atoms with Crippen LogP contribution in [0.2, 0.25) is 0 Å². The Labute approximate surface area is 169 Å². The normalized spacial score (nSPS) is 10.7. The van der Waals surface area contributed by atoms with Gasteiger partial charge in [0, 0.05) is 18.1 Å². The molecule has 5 nitrogen and oxygen atoms in total. The van der Waals surface area contributed by atoms with E-state index in [1.54, 1.807) is 13.3 Å². The van der Waals surface area contributed by atoms with Crippen molar-refractivity contribution in [1.82, 2.24) is 15.3 Å². The van der Waals surface area contributed by atoms with Gasteiger partial charge in [-0.1, -0.05) is 29.8 Å². The lowest BCUT2D eigenvalue weighted by Crippen LogP contribution is -2.23. The SMILES string of the molecule is COc1cccc(CNC(=O)c2cc(-c3ccccn3)nc3ccc(C)cc23)c1. The molecule has 144 valence electrons. The van der Waals surface area contributed by atoms with Crippen LogP contribution in [0.15, 0.2) is 72.9 Å². The Morgan fingerprint density at radius 1 is 1.00 bits per heavy atom. The van der Waals surface area contributed by atoms with Crippen molar-refractivity contribution < 1.29 is 9.53 Å². The Bertz CT molecular complexity index is 1170. The molecule has 0 spiro atoms. The second-order valence-electron chi connectivity index (χ2n) is 6.82. The predicted octanol–water partition coefficient (Wildman–Crippen LogP) is 4.54. The highest BCUT2D eigenvalue weighted by Crippen LogP contribution is 2.25. The minimum Gasteiger partial charge on any atom is -0.497 e. The molecule has 2 aromatic heterocycles. The average molecular weight is 383 g/mol. The molecule has 0 aliphatic heterocycles. The number of aryl methyl sites for hydroxylation is 1. The van der Waals surface area contributed by atoms with Crippen molar-refractivity contribution in [3.63, 3.8) is 0 Å². The van der Waals surface area contributed by atoms with Gasteiger partial charge in [-0.05, 0) is 55.0 Å². The van der Waals surface area contributed by atoms with Crippen molar-refractivity contribution in [3.8, 4) is 17.1 Å². The van der Waals surface area contributed by atoms with Crippen LogP contribution in [-0.4, -0.2) is 23.0 Å². The van der Waals surface area contributed by atoms with Crippen LogP contribution < -0.4 is 10.1 Å². The summed E-state index contributed by atoms with van der Waals surface area (Å²) in [5, 5.41) is 3.84. The first-order valence-electron chi connectivity index (χ1n) is 9.38. The molecule has 0 atom stereocenters. The lowest BCUT2D eigenvalue weighted by Gasteiger charge is -2.11. The van der Waals surface area contributed by atoms with Gasteiger partial charge in [-0.2, -0.15) is 0 Å². The molecule has 0 aliphatic rings. The molecule has 1 N–H and O–H groups in total. The van der Waals surface area contributed by atoms with E-state index < -0.39 is 0 Å². The van der Waals surface area contributed by atoms with E-state index in [9.17, 15) is 4.79 Å². The summed E-state index contributed by atoms with van der Waals surface area (Å²) < 4.78 is 5.25. The number of nitrogens with one attached hydrogen (secondary N) is 1. The summed E-state index contributed by atoms with van der Waals surface area (Å²) in [6.07, 6.45) is 1.72. The molecular formula is C24H21N3O2. The van der Waals surface area contributed by atoms with Crippen LogP contribution in [0.5, 0.6) is 5.75 Å². The van der Waals surface area contributed by atoms with Crippen LogP contribution in [0.4, 0.5) is 0 Å². The van der Waals surface area contributed by atoms with E-state index in [0.29, 0.717) is 17.8 Å². The zero-order chi connectivity index (χ0) is 20.2. The first kappa shape index (κ1) is 18.6. The Morgan fingerprint density at radius 3 is 2.69 bits per heavy atom. The van der Waals surface area contributed by atoms with Crippen molar-refractivity contribution in [1.29, 1.82) is 0 Å². The molecule has 0 saturated carbocycles. The van der Waals surface area contributed by atoms with Gasteiger partial charge < -0.3 is 10.1 Å². The van der Waals surface area contributed by atoms with Crippen LogP contribution in [0.25, 0.3) is 22.3 Å². The third-order valence-corrected chi connectivity index (χ3v) is 4.72. The molecule has 29 heavy (non-hydrogen) atoms. The maximum Gasteiger partial charge on any atom is 0.252 e. The zero-order valence-corrected chi connectivity index (χ0v) is 16.3. The standard InChI is InChI=1S/C24H21N3O2/c1-16-9-10-21-19(12-16)20(14-23(27-21)22-8-3-4-11-25-22)24(28)26-15-17-6-5-7-18(13-17)29-2/h3-14H,15H2,1-2H3,(H,26,28). The summed E-state index contributed by atoms with van der Waals surface area (Å²) in [7, 11) is 1.63. The summed E-state index contributed by atoms with van der Waals surface area (Å²) in [4.78, 5) is 22.2. The number of methoxy groups -OCH3 is 1. The molecule has 0 bridgehead atoms. The fourth-order valence-electron chi connectivity index (χ4n) is 3.23. The Morgan fingerprint density at radius 2 is 1.90 bits per heavy atom. The monoisotopic (exact) mass is 383 g/mol. The van der Waals surface area contributed by atoms with E-state index in [0.717, 1.165) is 33.5 Å². The van der Waals surface area contributed by atoms with Crippen LogP contribution >= 0.6 is 0 Å². The van der Waals surface area contributed by atoms with Gasteiger partial charge in [0.1, 0.15) is 5.75 Å². The second-order valence-corrected chi connectivity index (χ2v) is 6.82. The first-order chi connectivity index (χ1) is 14.1. The van der Waals surface area contributed by atoms with Crippen molar-refractivity contribution in [2.75, 3.05) is 7.11 Å². The van der Waals surface area contributed by atoms with Crippen LogP contribution in [-0.2, 0) is 6.54 Å². The third kappa shape index (κ3) is 4.09. The van der Waals surface area contributed by atoms with Crippen molar-refractivity contribution in [3.05, 3.63) is 89.6 Å². The minimum absolute atomic E-state index is 0.150. The van der Waals surface area contributed by atoms with Crippen molar-refractivity contribution >= 4 is 16.8 Å². The van der Waals surface area contributed by atoms with Gasteiger partial charge in [-0.3, -0.25) is 9.78 Å². The number of fused-ring (bicyclic) bond motifs is 1. The quantitative estimate of drug-likeness (QED) is 0.549. The summed E-state index contributed by atoms with van der Waals surface area (Å²) in [5.41, 5.74) is 4.81. The second kappa shape index (κ2) is 8.10. The molecule has 0 saturated heterocycles. The summed E-state index contributed by atoms with van der Waals surface area (Å²) >= 11 is 0. The van der Waals surface area contributed by atoms with Crippen LogP contribution in [0.3, 0.4) is 0 Å². The number of nitrogens with zero attached hydrogens (tertiary/aromatic N) is 2. The molecule has 0 unspecified atom stereocenters. The average Bonchev–Trinajstić information content (AvgIpc) is 2.77. The van der Waals surface area contributed by atoms with Gasteiger partial charge in [-0.15, -0.1) is 0 Å². The number of ether oxygens (including phenoxy) is 1. The van der Waals surface area contributed by atoms with E-state index in [2.05, 4.69) is 10.3 Å². The highest BCUT2D eigenvalue weighted by Gasteiger charge is 2.15. The van der Waals surface area contributed by atoms with Gasteiger partial charge >= 0.3 is 0 Å². The first-order valence-corrected chi connectivity index (χ1v) is 9.38. The van der Waals surface area contributed by atoms with Gasteiger partial charge in [0.25, 0.3) is 5.91 Å². The maximum absolute atomic E-state index is 13.1. The van der Waals surface area contributed by atoms with E-state index >= 15 is 0 Å². The fourth-order valence-corrected chi connectivity index (χ4v) is 3.23. The number of carbonyl (C=O) groups is 1. The third-order valence-electron chi connectivity index (χ3n) is 4.72. The topological polar surface area (TPSA) is 64.1 Å². The van der Waals surface area contributed by atoms with E-state index in [4.69, 9.17) is 9.72 Å². The van der Waals surface area contributed by atoms with E-state index in [-0.39, 0.29) is 5.91 Å². The van der Waals surface area contributed by atoms with Gasteiger partial charge in [0.15, 0.2) is 0 Å². The fraction of sp³-hybridized carbons (Fsp3) is 0.125. The van der Waals surface area contributed by atoms with Crippen molar-refractivity contribution in [2.24, 2.45) is 0 Å². The van der Waals surface area contributed by atoms with Gasteiger partial charge in [0.2, 0.25) is 0 Å². The number of amides is 1. The predicted molar refractivity (Wildman–Crippen MR) is 114 cm³/mol. The van der Waals surface area contributed by atoms with Gasteiger partial charge in [-0.25, -0.2) is 4.98 Å². The van der Waals surface area contributed by atoms with E-state index in [1.165, 1.54) is 0 Å². The molecule has 0 radical (unpaired) electrons. The number of carbonyl (C=O) groups excluding carboxylic acids is 1. The molecule has 4 aromatic rings. The number of hydrogen-bond donors (Lipinski definition) is 1. The van der Waals surface area contributed by atoms with Crippen LogP contribution in [0, 0.1) is 6.92 Å². The van der Waals surface area contributed by atoms with Crippen molar-refractivity contribution in [2.45, 2.75) is 13.5 Å². The Balaban J connectivity index is 1.70. The number of pyridine rings is 2. The Hall–Kier alpha value is -3.73. The Kier molecular flexibility index (Phi) is 5.20. The lowest BCUT2D eigenvalue weighted by molar-refractivity contribution is 0.0952. The highest BCUT2D eigenvalue weighted by atomic mass is 16.5. The summed E-state index contributed by atoms with van der Waals surface area (Å²) in [6, 6.07) is 21.0. The minimum atomic E-state index is -0.150. The summed E-state index contributed by atoms with van der Waals surface area (Å²) in [5.74, 6) is 0.613. The maximum atomic E-state index is 13.1. The molecular weight excluding hydrogens is 362 g/mol. The molecule has 2 aromatic carbocycles.